The highest BCUT2D eigenvalue weighted by Gasteiger charge is 2.19. The van der Waals surface area contributed by atoms with Gasteiger partial charge in [-0.2, -0.15) is 0 Å². The van der Waals surface area contributed by atoms with Crippen molar-refractivity contribution in [2.75, 3.05) is 11.5 Å². The van der Waals surface area contributed by atoms with Crippen LogP contribution in [0.5, 0.6) is 0 Å². The number of benzene rings is 2. The molecule has 0 radical (unpaired) electrons. The molecule has 1 heterocycles. The Morgan fingerprint density at radius 1 is 0.731 bits per heavy atom. The molecule has 26 heavy (non-hydrogen) atoms. The smallest absolute Gasteiger partial charge is 0.129 e. The summed E-state index contributed by atoms with van der Waals surface area (Å²) >= 11 is 10.8. The molecule has 0 unspecified atom stereocenters. The van der Waals surface area contributed by atoms with Gasteiger partial charge >= 0.3 is 0 Å². The number of aryl methyl sites for hydroxylation is 4. The van der Waals surface area contributed by atoms with Gasteiger partial charge in [-0.1, -0.05) is 33.6 Å². The molecule has 1 fully saturated rings. The van der Waals surface area contributed by atoms with Crippen LogP contribution in [0.1, 0.15) is 22.3 Å². The second kappa shape index (κ2) is 8.63. The van der Waals surface area contributed by atoms with Gasteiger partial charge in [0.2, 0.25) is 0 Å². The molecule has 0 N–H and O–H groups in total. The fourth-order valence-corrected chi connectivity index (χ4v) is 6.53. The molecular weight excluding hydrogens is 492 g/mol. The maximum atomic E-state index is 5.02. The van der Waals surface area contributed by atoms with Crippen molar-refractivity contribution < 1.29 is 0 Å². The van der Waals surface area contributed by atoms with E-state index in [9.17, 15) is 0 Å². The molecular formula is C20H20Br2N2S2. The van der Waals surface area contributed by atoms with E-state index in [0.717, 1.165) is 47.5 Å². The van der Waals surface area contributed by atoms with E-state index >= 15 is 0 Å². The zero-order chi connectivity index (χ0) is 18.8. The molecule has 1 aliphatic rings. The van der Waals surface area contributed by atoms with Crippen LogP contribution in [0, 0.1) is 27.7 Å². The molecule has 0 bridgehead atoms. The van der Waals surface area contributed by atoms with Gasteiger partial charge in [-0.05, 0) is 72.4 Å². The van der Waals surface area contributed by atoms with E-state index in [0.29, 0.717) is 0 Å². The number of aliphatic imine (C=N–C) groups is 2. The Kier molecular flexibility index (Phi) is 6.70. The fraction of sp³-hybridized carbons (Fsp3) is 0.300. The third-order valence-electron chi connectivity index (χ3n) is 4.02. The van der Waals surface area contributed by atoms with Crippen LogP contribution in [0.4, 0.5) is 11.4 Å². The normalized spacial score (nSPS) is 17.9. The van der Waals surface area contributed by atoms with Crippen molar-refractivity contribution in [3.8, 4) is 0 Å². The van der Waals surface area contributed by atoms with Gasteiger partial charge < -0.3 is 0 Å². The summed E-state index contributed by atoms with van der Waals surface area (Å²) in [4.78, 5) is 9.99. The zero-order valence-electron chi connectivity index (χ0n) is 15.2. The average molecular weight is 512 g/mol. The Morgan fingerprint density at radius 3 is 1.77 bits per heavy atom. The molecule has 136 valence electrons. The minimum atomic E-state index is 0.975. The quantitative estimate of drug-likeness (QED) is 0.412. The number of nitrogens with zero attached hydrogens (tertiary/aromatic N) is 2. The molecule has 0 saturated carbocycles. The van der Waals surface area contributed by atoms with E-state index in [1.54, 1.807) is 23.5 Å². The first-order valence-electron chi connectivity index (χ1n) is 8.32. The van der Waals surface area contributed by atoms with E-state index in [1.807, 2.05) is 6.07 Å². The van der Waals surface area contributed by atoms with Crippen LogP contribution in [0.15, 0.2) is 43.2 Å². The predicted octanol–water partition coefficient (Wildman–Crippen LogP) is 7.69. The van der Waals surface area contributed by atoms with Crippen LogP contribution in [-0.2, 0) is 0 Å². The minimum Gasteiger partial charge on any atom is -0.239 e. The average Bonchev–Trinajstić information content (AvgIpc) is 2.55. The maximum Gasteiger partial charge on any atom is 0.129 e. The molecule has 1 aliphatic heterocycles. The highest BCUT2D eigenvalue weighted by molar-refractivity contribution is 9.11. The van der Waals surface area contributed by atoms with Crippen molar-refractivity contribution in [1.29, 1.82) is 0 Å². The van der Waals surface area contributed by atoms with E-state index in [1.165, 1.54) is 16.7 Å². The third kappa shape index (κ3) is 4.64. The van der Waals surface area contributed by atoms with Gasteiger partial charge in [0.1, 0.15) is 10.1 Å². The van der Waals surface area contributed by atoms with Crippen molar-refractivity contribution >= 4 is 76.8 Å². The van der Waals surface area contributed by atoms with Crippen molar-refractivity contribution in [2.24, 2.45) is 9.98 Å². The van der Waals surface area contributed by atoms with E-state index in [2.05, 4.69) is 77.8 Å². The van der Waals surface area contributed by atoms with Crippen LogP contribution < -0.4 is 0 Å². The number of rotatable bonds is 2. The van der Waals surface area contributed by atoms with Gasteiger partial charge in [0, 0.05) is 20.5 Å². The monoisotopic (exact) mass is 510 g/mol. The van der Waals surface area contributed by atoms with Crippen molar-refractivity contribution in [1.82, 2.24) is 0 Å². The lowest BCUT2D eigenvalue weighted by Crippen LogP contribution is -2.14. The Labute approximate surface area is 180 Å². The van der Waals surface area contributed by atoms with Crippen LogP contribution in [-0.4, -0.2) is 21.6 Å². The summed E-state index contributed by atoms with van der Waals surface area (Å²) in [5.41, 5.74) is 6.89. The summed E-state index contributed by atoms with van der Waals surface area (Å²) in [7, 11) is 0. The first-order valence-corrected chi connectivity index (χ1v) is 11.9. The summed E-state index contributed by atoms with van der Waals surface area (Å²) in [6.45, 7) is 8.47. The second-order valence-electron chi connectivity index (χ2n) is 6.33. The standard InChI is InChI=1S/C20H20Br2N2S2/c1-11-7-12(2)17(13(3)8-11)23-19-20(26-6-5-25-19)24-18-14(4)9-15(21)10-16(18)22/h7-10H,5-6H2,1-4H3. The van der Waals surface area contributed by atoms with E-state index < -0.39 is 0 Å². The highest BCUT2D eigenvalue weighted by Crippen LogP contribution is 2.36. The zero-order valence-corrected chi connectivity index (χ0v) is 20.0. The first-order chi connectivity index (χ1) is 12.3. The molecule has 0 atom stereocenters. The maximum absolute atomic E-state index is 5.02. The molecule has 1 saturated heterocycles. The summed E-state index contributed by atoms with van der Waals surface area (Å²) in [6, 6.07) is 8.52. The lowest BCUT2D eigenvalue weighted by atomic mass is 10.1. The van der Waals surface area contributed by atoms with Crippen LogP contribution >= 0.6 is 55.4 Å². The third-order valence-corrected chi connectivity index (χ3v) is 7.41. The highest BCUT2D eigenvalue weighted by atomic mass is 79.9. The van der Waals surface area contributed by atoms with E-state index in [4.69, 9.17) is 9.98 Å². The molecule has 0 amide bonds. The SMILES string of the molecule is Cc1cc(C)c(N=C2SCCSC2=Nc2c(C)cc(Br)cc2Br)c(C)c1. The van der Waals surface area contributed by atoms with Gasteiger partial charge in [-0.25, -0.2) is 9.98 Å². The first kappa shape index (κ1) is 20.2. The molecule has 2 aromatic rings. The van der Waals surface area contributed by atoms with Gasteiger partial charge in [0.15, 0.2) is 0 Å². The Balaban J connectivity index is 2.07. The number of hydrogen-bond donors (Lipinski definition) is 0. The van der Waals surface area contributed by atoms with Crippen LogP contribution in [0.3, 0.4) is 0 Å². The number of hydrogen-bond acceptors (Lipinski definition) is 4. The van der Waals surface area contributed by atoms with Gasteiger partial charge in [0.05, 0.1) is 11.4 Å². The Hall–Kier alpha value is -0.560. The summed E-state index contributed by atoms with van der Waals surface area (Å²) in [5, 5.41) is 2.03. The molecule has 2 aromatic carbocycles. The molecule has 0 aromatic heterocycles. The molecule has 6 heteroatoms. The van der Waals surface area contributed by atoms with Crippen molar-refractivity contribution in [2.45, 2.75) is 27.7 Å². The van der Waals surface area contributed by atoms with Crippen LogP contribution in [0.2, 0.25) is 0 Å². The summed E-state index contributed by atoms with van der Waals surface area (Å²) in [6.07, 6.45) is 0. The lowest BCUT2D eigenvalue weighted by Gasteiger charge is -2.17. The Morgan fingerprint density at radius 2 is 1.23 bits per heavy atom. The van der Waals surface area contributed by atoms with Crippen LogP contribution in [0.25, 0.3) is 0 Å². The van der Waals surface area contributed by atoms with Gasteiger partial charge in [-0.3, -0.25) is 0 Å². The molecule has 2 nitrogen and oxygen atoms in total. The number of halogens is 2. The largest absolute Gasteiger partial charge is 0.239 e. The Bertz CT molecular complexity index is 799. The van der Waals surface area contributed by atoms with Crippen molar-refractivity contribution in [3.63, 3.8) is 0 Å². The van der Waals surface area contributed by atoms with E-state index in [-0.39, 0.29) is 0 Å². The van der Waals surface area contributed by atoms with Gasteiger partial charge in [-0.15, -0.1) is 23.5 Å². The number of thioether (sulfide) groups is 2. The van der Waals surface area contributed by atoms with Crippen molar-refractivity contribution in [3.05, 3.63) is 55.5 Å². The molecule has 3 rings (SSSR count). The predicted molar refractivity (Wildman–Crippen MR) is 126 cm³/mol. The molecule has 0 spiro atoms. The minimum absolute atomic E-state index is 0.975. The molecule has 0 aliphatic carbocycles. The topological polar surface area (TPSA) is 24.7 Å². The summed E-state index contributed by atoms with van der Waals surface area (Å²) < 4.78 is 2.05. The van der Waals surface area contributed by atoms with Gasteiger partial charge in [0.25, 0.3) is 0 Å². The lowest BCUT2D eigenvalue weighted by molar-refractivity contribution is 1.29. The summed E-state index contributed by atoms with van der Waals surface area (Å²) in [5.74, 6) is 2.12. The fourth-order valence-electron chi connectivity index (χ4n) is 2.95. The second-order valence-corrected chi connectivity index (χ2v) is 10.3.